The Kier molecular flexibility index (Phi) is 6.63. The molecule has 5 nitrogen and oxygen atoms in total. The minimum Gasteiger partial charge on any atom is -0.491 e. The summed E-state index contributed by atoms with van der Waals surface area (Å²) in [6.45, 7) is 5.69. The highest BCUT2D eigenvalue weighted by Crippen LogP contribution is 2.27. The fraction of sp³-hybridized carbons (Fsp3) is 0.276. The highest BCUT2D eigenvalue weighted by Gasteiger charge is 2.23. The van der Waals surface area contributed by atoms with Crippen LogP contribution in [0.5, 0.6) is 17.2 Å². The van der Waals surface area contributed by atoms with Crippen LogP contribution in [0.25, 0.3) is 16.9 Å². The summed E-state index contributed by atoms with van der Waals surface area (Å²) in [6.07, 6.45) is 5.53. The van der Waals surface area contributed by atoms with Gasteiger partial charge in [-0.2, -0.15) is 0 Å². The highest BCUT2D eigenvalue weighted by atomic mass is 16.6. The van der Waals surface area contributed by atoms with E-state index in [1.807, 2.05) is 36.4 Å². The molecular formula is C29H30N2O3. The van der Waals surface area contributed by atoms with E-state index in [-0.39, 0.29) is 6.10 Å². The molecule has 174 valence electrons. The van der Waals surface area contributed by atoms with Crippen LogP contribution in [-0.2, 0) is 11.2 Å². The molecule has 0 N–H and O–H groups in total. The molecule has 1 fully saturated rings. The molecule has 1 aliphatic rings. The lowest BCUT2D eigenvalue weighted by atomic mass is 10.1. The fourth-order valence-electron chi connectivity index (χ4n) is 3.78. The smallest absolute Gasteiger partial charge is 0.127 e. The van der Waals surface area contributed by atoms with E-state index in [0.717, 1.165) is 65.9 Å². The Morgan fingerprint density at radius 3 is 2.21 bits per heavy atom. The van der Waals surface area contributed by atoms with Crippen molar-refractivity contribution in [1.82, 2.24) is 9.55 Å². The number of unbranched alkanes of at least 4 members (excludes halogenated alkanes) is 1. The monoisotopic (exact) mass is 454 g/mol. The maximum absolute atomic E-state index is 6.00. The zero-order valence-corrected chi connectivity index (χ0v) is 19.7. The summed E-state index contributed by atoms with van der Waals surface area (Å²) in [7, 11) is 0. The topological polar surface area (TPSA) is 48.8 Å². The first-order valence-corrected chi connectivity index (χ1v) is 12.0. The van der Waals surface area contributed by atoms with Crippen LogP contribution in [0.4, 0.5) is 0 Å². The molecule has 1 saturated heterocycles. The molecule has 5 rings (SSSR count). The van der Waals surface area contributed by atoms with Crippen LogP contribution in [0.2, 0.25) is 0 Å². The number of benzene rings is 3. The van der Waals surface area contributed by atoms with Crippen molar-refractivity contribution < 1.29 is 14.2 Å². The van der Waals surface area contributed by atoms with Crippen molar-refractivity contribution in [3.05, 3.63) is 90.4 Å². The molecule has 3 aromatic carbocycles. The first kappa shape index (κ1) is 22.2. The van der Waals surface area contributed by atoms with Crippen molar-refractivity contribution in [3.63, 3.8) is 0 Å². The van der Waals surface area contributed by atoms with E-state index in [1.165, 1.54) is 5.56 Å². The van der Waals surface area contributed by atoms with Gasteiger partial charge in [0.25, 0.3) is 0 Å². The Balaban J connectivity index is 1.35. The molecule has 1 atom stereocenters. The van der Waals surface area contributed by atoms with Gasteiger partial charge in [0.15, 0.2) is 0 Å². The average Bonchev–Trinajstić information content (AvgIpc) is 3.61. The van der Waals surface area contributed by atoms with Crippen LogP contribution < -0.4 is 9.47 Å². The zero-order chi connectivity index (χ0) is 23.3. The molecule has 0 bridgehead atoms. The number of hydrogen-bond donors (Lipinski definition) is 0. The van der Waals surface area contributed by atoms with Crippen molar-refractivity contribution >= 4 is 0 Å². The summed E-state index contributed by atoms with van der Waals surface area (Å²) in [5.41, 5.74) is 4.33. The molecule has 0 saturated carbocycles. The lowest BCUT2D eigenvalue weighted by Crippen LogP contribution is -2.03. The van der Waals surface area contributed by atoms with Crippen LogP contribution in [0, 0.1) is 6.92 Å². The summed E-state index contributed by atoms with van der Waals surface area (Å²) in [4.78, 5) is 4.98. The third-order valence-corrected chi connectivity index (χ3v) is 5.89. The van der Waals surface area contributed by atoms with E-state index >= 15 is 0 Å². The molecule has 4 aromatic rings. The number of imidazole rings is 1. The molecule has 1 unspecified atom stereocenters. The van der Waals surface area contributed by atoms with E-state index in [4.69, 9.17) is 19.2 Å². The van der Waals surface area contributed by atoms with Gasteiger partial charge in [0.2, 0.25) is 0 Å². The van der Waals surface area contributed by atoms with Gasteiger partial charge in [-0.1, -0.05) is 31.0 Å². The Hall–Kier alpha value is -3.57. The van der Waals surface area contributed by atoms with Gasteiger partial charge in [-0.25, -0.2) is 4.98 Å². The first-order valence-electron chi connectivity index (χ1n) is 12.0. The number of nitrogens with zero attached hydrogens (tertiary/aromatic N) is 2. The van der Waals surface area contributed by atoms with Crippen LogP contribution >= 0.6 is 0 Å². The Bertz CT molecular complexity index is 1210. The molecule has 1 aliphatic heterocycles. The Morgan fingerprint density at radius 1 is 0.912 bits per heavy atom. The van der Waals surface area contributed by atoms with Gasteiger partial charge in [0.1, 0.15) is 35.8 Å². The summed E-state index contributed by atoms with van der Waals surface area (Å²) in [5, 5.41) is 0. The van der Waals surface area contributed by atoms with Gasteiger partial charge >= 0.3 is 0 Å². The van der Waals surface area contributed by atoms with Gasteiger partial charge in [-0.15, -0.1) is 0 Å². The number of ether oxygens (including phenoxy) is 3. The molecule has 1 aromatic heterocycles. The van der Waals surface area contributed by atoms with E-state index in [9.17, 15) is 0 Å². The maximum Gasteiger partial charge on any atom is 0.127 e. The second-order valence-corrected chi connectivity index (χ2v) is 8.72. The van der Waals surface area contributed by atoms with Crippen LogP contribution in [-0.4, -0.2) is 28.9 Å². The first-order chi connectivity index (χ1) is 16.7. The number of epoxide rings is 1. The van der Waals surface area contributed by atoms with Gasteiger partial charge in [0, 0.05) is 23.9 Å². The van der Waals surface area contributed by atoms with Crippen molar-refractivity contribution in [2.75, 3.05) is 13.2 Å². The third kappa shape index (κ3) is 5.49. The van der Waals surface area contributed by atoms with E-state index < -0.39 is 0 Å². The minimum atomic E-state index is 0.255. The molecular weight excluding hydrogens is 424 g/mol. The maximum atomic E-state index is 6.00. The second-order valence-electron chi connectivity index (χ2n) is 8.72. The van der Waals surface area contributed by atoms with Crippen LogP contribution in [0.1, 0.15) is 31.2 Å². The molecule has 2 heterocycles. The van der Waals surface area contributed by atoms with Gasteiger partial charge in [-0.05, 0) is 74.0 Å². The molecule has 0 radical (unpaired) electrons. The van der Waals surface area contributed by atoms with Gasteiger partial charge in [-0.3, -0.25) is 0 Å². The minimum absolute atomic E-state index is 0.255. The normalized spacial score (nSPS) is 14.7. The predicted molar refractivity (Wildman–Crippen MR) is 134 cm³/mol. The van der Waals surface area contributed by atoms with E-state index in [2.05, 4.69) is 61.0 Å². The van der Waals surface area contributed by atoms with Crippen molar-refractivity contribution in [1.29, 1.82) is 0 Å². The number of aromatic nitrogens is 2. The highest BCUT2D eigenvalue weighted by molar-refractivity contribution is 5.61. The third-order valence-electron chi connectivity index (χ3n) is 5.89. The molecule has 0 spiro atoms. The standard InChI is InChI=1S/C29H30N2O3/c1-3-4-5-29-30-28(22-8-14-24(15-9-22)32-19-27-20-33-27)18-31(29)23-10-16-26(17-11-23)34-25-12-6-21(2)7-13-25/h6-18,27H,3-5,19-20H2,1-2H3. The average molecular weight is 455 g/mol. The summed E-state index contributed by atoms with van der Waals surface area (Å²) in [5.74, 6) is 3.57. The Labute approximate surface area is 200 Å². The molecule has 5 heteroatoms. The number of rotatable bonds is 10. The zero-order valence-electron chi connectivity index (χ0n) is 19.7. The number of aryl methyl sites for hydroxylation is 2. The van der Waals surface area contributed by atoms with Crippen molar-refractivity contribution in [2.24, 2.45) is 0 Å². The lowest BCUT2D eigenvalue weighted by Gasteiger charge is -2.10. The van der Waals surface area contributed by atoms with Gasteiger partial charge in [0.05, 0.1) is 12.3 Å². The summed E-state index contributed by atoms with van der Waals surface area (Å²) < 4.78 is 19.2. The fourth-order valence-corrected chi connectivity index (χ4v) is 3.78. The van der Waals surface area contributed by atoms with E-state index in [1.54, 1.807) is 0 Å². The van der Waals surface area contributed by atoms with Crippen LogP contribution in [0.3, 0.4) is 0 Å². The van der Waals surface area contributed by atoms with Gasteiger partial charge < -0.3 is 18.8 Å². The molecule has 34 heavy (non-hydrogen) atoms. The van der Waals surface area contributed by atoms with Crippen molar-refractivity contribution in [3.8, 4) is 34.2 Å². The lowest BCUT2D eigenvalue weighted by molar-refractivity contribution is 0.263. The SMILES string of the molecule is CCCCc1nc(-c2ccc(OCC3CO3)cc2)cn1-c1ccc(Oc2ccc(C)cc2)cc1. The van der Waals surface area contributed by atoms with E-state index in [0.29, 0.717) is 6.61 Å². The van der Waals surface area contributed by atoms with Crippen LogP contribution in [0.15, 0.2) is 79.0 Å². The van der Waals surface area contributed by atoms with Crippen molar-refractivity contribution in [2.45, 2.75) is 39.2 Å². The molecule has 0 amide bonds. The molecule has 0 aliphatic carbocycles. The summed E-state index contributed by atoms with van der Waals surface area (Å²) >= 11 is 0. The second kappa shape index (κ2) is 10.1. The largest absolute Gasteiger partial charge is 0.491 e. The predicted octanol–water partition coefficient (Wildman–Crippen LogP) is 6.76. The Morgan fingerprint density at radius 2 is 1.56 bits per heavy atom. The summed E-state index contributed by atoms with van der Waals surface area (Å²) in [6, 6.07) is 24.4. The quantitative estimate of drug-likeness (QED) is 0.248. The number of hydrogen-bond acceptors (Lipinski definition) is 4.